The molecule has 1 aliphatic rings. The van der Waals surface area contributed by atoms with Gasteiger partial charge in [0.15, 0.2) is 0 Å². The summed E-state index contributed by atoms with van der Waals surface area (Å²) in [5, 5.41) is 20.8. The molecule has 0 aromatic rings. The Morgan fingerprint density at radius 2 is 1.36 bits per heavy atom. The summed E-state index contributed by atoms with van der Waals surface area (Å²) in [6.07, 6.45) is 4.87. The van der Waals surface area contributed by atoms with E-state index in [2.05, 4.69) is 60.5 Å². The molecule has 0 aromatic heterocycles. The van der Waals surface area contributed by atoms with E-state index < -0.39 is 0 Å². The Morgan fingerprint density at radius 1 is 0.818 bits per heavy atom. The average Bonchev–Trinajstić information content (AvgIpc) is 2.51. The van der Waals surface area contributed by atoms with Gasteiger partial charge in [-0.05, 0) is 6.42 Å². The maximum atomic E-state index is 4.20. The first-order valence-corrected chi connectivity index (χ1v) is 8.08. The van der Waals surface area contributed by atoms with Gasteiger partial charge >= 0.3 is 33.5 Å². The minimum atomic E-state index is 0. The Kier molecular flexibility index (Phi) is 23.2. The van der Waals surface area contributed by atoms with Crippen molar-refractivity contribution in [2.75, 3.05) is 46.2 Å². The van der Waals surface area contributed by atoms with Crippen LogP contribution in [0.2, 0.25) is 5.39 Å². The molecule has 134 valence electrons. The summed E-state index contributed by atoms with van der Waals surface area (Å²) < 4.78 is 0. The van der Waals surface area contributed by atoms with Crippen molar-refractivity contribution >= 4 is 0 Å². The van der Waals surface area contributed by atoms with Crippen LogP contribution >= 0.6 is 0 Å². The fraction of sp³-hybridized carbons (Fsp3) is 0.714. The van der Waals surface area contributed by atoms with Crippen LogP contribution in [-0.2, 0) is 15.5 Å². The van der Waals surface area contributed by atoms with Crippen LogP contribution in [-0.4, -0.2) is 52.4 Å². The van der Waals surface area contributed by atoms with Gasteiger partial charge in [-0.2, -0.15) is 0 Å². The fourth-order valence-corrected chi connectivity index (χ4v) is 1.62. The van der Waals surface area contributed by atoms with E-state index >= 15 is 0 Å². The van der Waals surface area contributed by atoms with E-state index in [-0.39, 0.29) is 12.4 Å². The minimum Gasteiger partial charge on any atom is -1.00 e. The molecule has 0 aromatic carbocycles. The topological polar surface area (TPSA) is 72.2 Å². The third-order valence-corrected chi connectivity index (χ3v) is 2.92. The van der Waals surface area contributed by atoms with Crippen LogP contribution in [0.25, 0.3) is 0 Å². The molecule has 1 rings (SSSR count). The Morgan fingerprint density at radius 3 is 1.91 bits per heavy atom. The molecule has 6 N–H and O–H groups in total. The van der Waals surface area contributed by atoms with E-state index in [9.17, 15) is 0 Å². The summed E-state index contributed by atoms with van der Waals surface area (Å²) in [6.45, 7) is 13.5. The molecule has 6 nitrogen and oxygen atoms in total. The number of allylic oxidation sites excluding steroid dienone is 1. The predicted molar refractivity (Wildman–Crippen MR) is 86.5 cm³/mol. The third-order valence-electron chi connectivity index (χ3n) is 2.64. The first kappa shape index (κ1) is 24.3. The molecule has 8 heteroatoms. The molecule has 1 saturated heterocycles. The second-order valence-corrected chi connectivity index (χ2v) is 4.84. The van der Waals surface area contributed by atoms with Crippen LogP contribution in [0.4, 0.5) is 0 Å². The van der Waals surface area contributed by atoms with Crippen molar-refractivity contribution in [3.05, 3.63) is 25.3 Å². The minimum absolute atomic E-state index is 0. The van der Waals surface area contributed by atoms with Gasteiger partial charge in [-0.25, -0.2) is 0 Å². The van der Waals surface area contributed by atoms with E-state index in [1.807, 2.05) is 6.08 Å². The first-order valence-electron chi connectivity index (χ1n) is 7.38. The molecule has 0 spiro atoms. The summed E-state index contributed by atoms with van der Waals surface area (Å²) in [5.41, 5.74) is 0. The van der Waals surface area contributed by atoms with E-state index in [1.54, 1.807) is 6.08 Å². The largest absolute Gasteiger partial charge is 1.00 e. The van der Waals surface area contributed by atoms with Gasteiger partial charge in [-0.1, -0.05) is 6.08 Å². The summed E-state index contributed by atoms with van der Waals surface area (Å²) in [7, 11) is 0. The van der Waals surface area contributed by atoms with Crippen LogP contribution < -0.4 is 44.3 Å². The van der Waals surface area contributed by atoms with Crippen LogP contribution in [0.1, 0.15) is 6.42 Å². The number of nitrogens with one attached hydrogen (secondary N) is 6. The van der Waals surface area contributed by atoms with Gasteiger partial charge in [-0.3, -0.25) is 10.6 Å². The summed E-state index contributed by atoms with van der Waals surface area (Å²) in [6, 6.07) is 0. The van der Waals surface area contributed by atoms with E-state index in [4.69, 9.17) is 0 Å². The van der Waals surface area contributed by atoms with Gasteiger partial charge in [0.2, 0.25) is 0 Å². The van der Waals surface area contributed by atoms with E-state index in [0.717, 1.165) is 52.6 Å². The quantitative estimate of drug-likeness (QED) is 0.226. The molecular formula is C14H31ClN6Ni. The maximum Gasteiger partial charge on any atom is -1.00 e. The first-order chi connectivity index (χ1) is 10.3. The molecule has 1 aliphatic heterocycles. The van der Waals surface area contributed by atoms with Gasteiger partial charge in [0.25, 0.3) is 0 Å². The Labute approximate surface area is 149 Å². The molecule has 0 radical (unpaired) electrons. The van der Waals surface area contributed by atoms with Crippen molar-refractivity contribution in [1.29, 1.82) is 0 Å². The molecule has 0 amide bonds. The fourth-order valence-electron chi connectivity index (χ4n) is 1.62. The molecule has 1 fully saturated rings. The van der Waals surface area contributed by atoms with Crippen molar-refractivity contribution in [2.24, 2.45) is 0 Å². The van der Waals surface area contributed by atoms with Crippen LogP contribution in [0.3, 0.4) is 0 Å². The molecule has 0 aliphatic carbocycles. The Balaban J connectivity index is 0. The number of hydrogen-bond donors (Lipinski definition) is 6. The number of hydrogen-bond acceptors (Lipinski definition) is 6. The van der Waals surface area contributed by atoms with Gasteiger partial charge < -0.3 is 33.7 Å². The van der Waals surface area contributed by atoms with E-state index in [1.165, 1.54) is 0 Å². The van der Waals surface area contributed by atoms with Gasteiger partial charge in [0, 0.05) is 46.2 Å². The van der Waals surface area contributed by atoms with Crippen molar-refractivity contribution in [3.8, 4) is 0 Å². The van der Waals surface area contributed by atoms with Crippen molar-refractivity contribution in [1.82, 2.24) is 31.9 Å². The smallest absolute Gasteiger partial charge is 1.00 e. The van der Waals surface area contributed by atoms with Crippen LogP contribution in [0.5, 0.6) is 0 Å². The second-order valence-electron chi connectivity index (χ2n) is 4.43. The summed E-state index contributed by atoms with van der Waals surface area (Å²) in [5.74, 6) is 0. The molecule has 22 heavy (non-hydrogen) atoms. The molecule has 1 heterocycles. The van der Waals surface area contributed by atoms with E-state index in [0.29, 0.717) is 11.6 Å². The van der Waals surface area contributed by atoms with Crippen molar-refractivity contribution < 1.29 is 27.9 Å². The zero-order valence-corrected chi connectivity index (χ0v) is 14.9. The van der Waals surface area contributed by atoms with Crippen molar-refractivity contribution in [3.63, 3.8) is 0 Å². The zero-order chi connectivity index (χ0) is 15.6. The normalized spacial score (nSPS) is 21.3. The van der Waals surface area contributed by atoms with Crippen molar-refractivity contribution in [2.45, 2.75) is 18.0 Å². The van der Waals surface area contributed by atoms with Crippen LogP contribution in [0.15, 0.2) is 25.3 Å². The predicted octanol–water partition coefficient (Wildman–Crippen LogP) is -3.55. The van der Waals surface area contributed by atoms with Gasteiger partial charge in [0.05, 0.1) is 6.17 Å². The van der Waals surface area contributed by atoms with Gasteiger partial charge in [-0.15, -0.1) is 6.58 Å². The molecular weight excluding hydrogens is 346 g/mol. The molecule has 1 unspecified atom stereocenters. The maximum absolute atomic E-state index is 4.20. The Hall–Kier alpha value is 0.0235. The second kappa shape index (κ2) is 21.0. The monoisotopic (exact) mass is 376 g/mol. The van der Waals surface area contributed by atoms with Crippen LogP contribution in [0, 0.1) is 0 Å². The van der Waals surface area contributed by atoms with Gasteiger partial charge in [0.1, 0.15) is 0 Å². The zero-order valence-electron chi connectivity index (χ0n) is 13.2. The summed E-state index contributed by atoms with van der Waals surface area (Å²) >= 11 is 4.20. The third kappa shape index (κ3) is 18.1. The molecule has 1 atom stereocenters. The molecule has 0 bridgehead atoms. The molecule has 0 saturated carbocycles. The number of halogens is 1. The summed E-state index contributed by atoms with van der Waals surface area (Å²) in [4.78, 5) is 0. The number of rotatable bonds is 3. The Bertz CT molecular complexity index is 231. The standard InChI is InChI=1S/C11H26N6.C3H5.ClH.Ni/c1-2-3-11-16-7-6-13-9-15-8-12-4-5-14-10-17-11;1-3-2;;/h2,11-17H,1,3-10H2;3H,1-2H2;1H;/q;;;+1/p-1. The average molecular weight is 378 g/mol. The SMILES string of the molecule is C=CCC1NCCNCNCNCCNCN1.C=C[CH2][Ni+].[Cl-].